The van der Waals surface area contributed by atoms with Crippen LogP contribution < -0.4 is 10.1 Å². The Morgan fingerprint density at radius 2 is 2.24 bits per heavy atom. The summed E-state index contributed by atoms with van der Waals surface area (Å²) < 4.78 is 6.29. The Labute approximate surface area is 110 Å². The number of hydrogen-bond acceptors (Lipinski definition) is 3. The van der Waals surface area contributed by atoms with Crippen molar-refractivity contribution in [3.63, 3.8) is 0 Å². The van der Waals surface area contributed by atoms with Crippen molar-refractivity contribution >= 4 is 21.8 Å². The van der Waals surface area contributed by atoms with E-state index in [0.29, 0.717) is 13.1 Å². The number of benzene rings is 1. The number of hydrogen-bond donors (Lipinski definition) is 1. The van der Waals surface area contributed by atoms with E-state index in [9.17, 15) is 4.79 Å². The molecule has 1 aromatic carbocycles. The number of carbonyl (C=O) groups excluding carboxylic acids is 1. The maximum absolute atomic E-state index is 11.2. The van der Waals surface area contributed by atoms with Crippen molar-refractivity contribution in [2.75, 3.05) is 27.7 Å². The molecule has 0 fully saturated rings. The van der Waals surface area contributed by atoms with Crippen molar-refractivity contribution in [1.29, 1.82) is 0 Å². The lowest BCUT2D eigenvalue weighted by molar-refractivity contribution is -0.121. The van der Waals surface area contributed by atoms with E-state index < -0.39 is 0 Å². The molecule has 0 spiro atoms. The third-order valence-electron chi connectivity index (χ3n) is 2.38. The third-order valence-corrected chi connectivity index (χ3v) is 2.87. The fourth-order valence-corrected chi connectivity index (χ4v) is 1.95. The number of carbonyl (C=O) groups is 1. The predicted octanol–water partition coefficient (Wildman–Crippen LogP) is 1.64. The highest BCUT2D eigenvalue weighted by molar-refractivity contribution is 9.10. The normalized spacial score (nSPS) is 10.4. The van der Waals surface area contributed by atoms with Gasteiger partial charge in [-0.15, -0.1) is 0 Å². The molecule has 0 radical (unpaired) electrons. The average Bonchev–Trinajstić information content (AvgIpc) is 2.29. The second kappa shape index (κ2) is 6.61. The molecule has 0 atom stereocenters. The molecule has 1 rings (SSSR count). The standard InChI is InChI=1S/C12H17BrN2O2/c1-14-12(16)8-15(2)7-9-6-10(13)4-5-11(9)17-3/h4-6H,7-8H2,1-3H3,(H,14,16). The summed E-state index contributed by atoms with van der Waals surface area (Å²) in [7, 11) is 5.18. The summed E-state index contributed by atoms with van der Waals surface area (Å²) in [4.78, 5) is 13.2. The van der Waals surface area contributed by atoms with E-state index in [4.69, 9.17) is 4.74 Å². The maximum atomic E-state index is 11.2. The molecule has 0 unspecified atom stereocenters. The van der Waals surface area contributed by atoms with Crippen LogP contribution in [0.1, 0.15) is 5.56 Å². The quantitative estimate of drug-likeness (QED) is 0.899. The Bertz CT molecular complexity index is 396. The summed E-state index contributed by atoms with van der Waals surface area (Å²) in [6.07, 6.45) is 0. The van der Waals surface area contributed by atoms with Crippen LogP contribution in [0.4, 0.5) is 0 Å². The topological polar surface area (TPSA) is 41.6 Å². The van der Waals surface area contributed by atoms with Gasteiger partial charge in [-0.2, -0.15) is 0 Å². The second-order valence-corrected chi connectivity index (χ2v) is 4.72. The molecule has 1 amide bonds. The Kier molecular flexibility index (Phi) is 5.44. The minimum Gasteiger partial charge on any atom is -0.496 e. The predicted molar refractivity (Wildman–Crippen MR) is 71.1 cm³/mol. The van der Waals surface area contributed by atoms with Crippen LogP contribution in [-0.2, 0) is 11.3 Å². The van der Waals surface area contributed by atoms with Gasteiger partial charge in [0.2, 0.25) is 5.91 Å². The van der Waals surface area contributed by atoms with Gasteiger partial charge in [0, 0.05) is 23.6 Å². The van der Waals surface area contributed by atoms with Crippen molar-refractivity contribution in [1.82, 2.24) is 10.2 Å². The first kappa shape index (κ1) is 14.0. The lowest BCUT2D eigenvalue weighted by Gasteiger charge is -2.17. The van der Waals surface area contributed by atoms with Crippen LogP contribution in [0.2, 0.25) is 0 Å². The van der Waals surface area contributed by atoms with Gasteiger partial charge >= 0.3 is 0 Å². The Morgan fingerprint density at radius 1 is 1.53 bits per heavy atom. The lowest BCUT2D eigenvalue weighted by atomic mass is 10.2. The van der Waals surface area contributed by atoms with Crippen LogP contribution >= 0.6 is 15.9 Å². The fourth-order valence-electron chi connectivity index (χ4n) is 1.54. The highest BCUT2D eigenvalue weighted by Gasteiger charge is 2.09. The Hall–Kier alpha value is -1.07. The van der Waals surface area contributed by atoms with E-state index in [1.54, 1.807) is 14.2 Å². The van der Waals surface area contributed by atoms with Gasteiger partial charge in [-0.25, -0.2) is 0 Å². The van der Waals surface area contributed by atoms with Crippen molar-refractivity contribution in [3.8, 4) is 5.75 Å². The molecule has 17 heavy (non-hydrogen) atoms. The number of halogens is 1. The van der Waals surface area contributed by atoms with Gasteiger partial charge in [0.25, 0.3) is 0 Å². The van der Waals surface area contributed by atoms with Gasteiger partial charge in [0.15, 0.2) is 0 Å². The van der Waals surface area contributed by atoms with Gasteiger partial charge in [-0.1, -0.05) is 15.9 Å². The highest BCUT2D eigenvalue weighted by Crippen LogP contribution is 2.23. The van der Waals surface area contributed by atoms with Gasteiger partial charge in [-0.05, 0) is 25.2 Å². The first-order chi connectivity index (χ1) is 8.06. The number of methoxy groups -OCH3 is 1. The third kappa shape index (κ3) is 4.36. The molecule has 1 aromatic rings. The molecule has 1 N–H and O–H groups in total. The Balaban J connectivity index is 2.72. The molecular weight excluding hydrogens is 284 g/mol. The number of nitrogens with zero attached hydrogens (tertiary/aromatic N) is 1. The first-order valence-electron chi connectivity index (χ1n) is 5.28. The lowest BCUT2D eigenvalue weighted by Crippen LogP contribution is -2.32. The highest BCUT2D eigenvalue weighted by atomic mass is 79.9. The summed E-state index contributed by atoms with van der Waals surface area (Å²) in [5.41, 5.74) is 1.05. The zero-order valence-electron chi connectivity index (χ0n) is 10.3. The van der Waals surface area contributed by atoms with Crippen molar-refractivity contribution < 1.29 is 9.53 Å². The molecule has 5 heteroatoms. The minimum atomic E-state index is 0.00136. The monoisotopic (exact) mass is 300 g/mol. The van der Waals surface area contributed by atoms with Crippen molar-refractivity contribution in [2.24, 2.45) is 0 Å². The average molecular weight is 301 g/mol. The Morgan fingerprint density at radius 3 is 2.82 bits per heavy atom. The van der Waals surface area contributed by atoms with Crippen LogP contribution in [0.3, 0.4) is 0 Å². The van der Waals surface area contributed by atoms with Crippen LogP contribution in [0.25, 0.3) is 0 Å². The smallest absolute Gasteiger partial charge is 0.233 e. The molecule has 0 aliphatic carbocycles. The number of amides is 1. The van der Waals surface area contributed by atoms with Gasteiger partial charge < -0.3 is 10.1 Å². The minimum absolute atomic E-state index is 0.00136. The zero-order valence-corrected chi connectivity index (χ0v) is 11.9. The summed E-state index contributed by atoms with van der Waals surface area (Å²) in [6, 6.07) is 5.84. The van der Waals surface area contributed by atoms with Gasteiger partial charge in [-0.3, -0.25) is 9.69 Å². The van der Waals surface area contributed by atoms with E-state index in [-0.39, 0.29) is 5.91 Å². The second-order valence-electron chi connectivity index (χ2n) is 3.80. The van der Waals surface area contributed by atoms with E-state index in [1.807, 2.05) is 30.1 Å². The molecular formula is C12H17BrN2O2. The van der Waals surface area contributed by atoms with Crippen LogP contribution in [0.5, 0.6) is 5.75 Å². The molecule has 0 aromatic heterocycles. The van der Waals surface area contributed by atoms with Crippen molar-refractivity contribution in [2.45, 2.75) is 6.54 Å². The largest absolute Gasteiger partial charge is 0.496 e. The number of ether oxygens (including phenoxy) is 1. The van der Waals surface area contributed by atoms with Crippen LogP contribution in [-0.4, -0.2) is 38.6 Å². The number of rotatable bonds is 5. The fraction of sp³-hybridized carbons (Fsp3) is 0.417. The molecule has 0 aliphatic heterocycles. The summed E-state index contributed by atoms with van der Waals surface area (Å²) in [6.45, 7) is 1.03. The molecule has 0 saturated heterocycles. The summed E-state index contributed by atoms with van der Waals surface area (Å²) in [5, 5.41) is 2.60. The molecule has 4 nitrogen and oxygen atoms in total. The summed E-state index contributed by atoms with van der Waals surface area (Å²) >= 11 is 3.43. The van der Waals surface area contributed by atoms with E-state index >= 15 is 0 Å². The van der Waals surface area contributed by atoms with E-state index in [0.717, 1.165) is 15.8 Å². The molecule has 0 bridgehead atoms. The first-order valence-corrected chi connectivity index (χ1v) is 6.07. The molecule has 0 aliphatic rings. The van der Waals surface area contributed by atoms with Crippen LogP contribution in [0, 0.1) is 0 Å². The van der Waals surface area contributed by atoms with Crippen LogP contribution in [0.15, 0.2) is 22.7 Å². The van der Waals surface area contributed by atoms with E-state index in [2.05, 4.69) is 21.2 Å². The molecule has 94 valence electrons. The van der Waals surface area contributed by atoms with Crippen molar-refractivity contribution in [3.05, 3.63) is 28.2 Å². The number of nitrogens with one attached hydrogen (secondary N) is 1. The SMILES string of the molecule is CNC(=O)CN(C)Cc1cc(Br)ccc1OC. The molecule has 0 saturated carbocycles. The summed E-state index contributed by atoms with van der Waals surface area (Å²) in [5.74, 6) is 0.832. The zero-order chi connectivity index (χ0) is 12.8. The molecule has 0 heterocycles. The maximum Gasteiger partial charge on any atom is 0.233 e. The number of likely N-dealkylation sites (N-methyl/N-ethyl adjacent to an activating group) is 2. The van der Waals surface area contributed by atoms with Gasteiger partial charge in [0.1, 0.15) is 5.75 Å². The van der Waals surface area contributed by atoms with Gasteiger partial charge in [0.05, 0.1) is 13.7 Å². The van der Waals surface area contributed by atoms with E-state index in [1.165, 1.54) is 0 Å².